The van der Waals surface area contributed by atoms with Crippen molar-refractivity contribution in [3.8, 4) is 0 Å². The molecule has 0 aromatic rings. The summed E-state index contributed by atoms with van der Waals surface area (Å²) >= 11 is 0. The maximum Gasteiger partial charge on any atom is 0.222 e. The highest BCUT2D eigenvalue weighted by Crippen LogP contribution is 2.31. The molecular formula is C41H70N4O25. The smallest absolute Gasteiger partial charge is 0.222 e. The lowest BCUT2D eigenvalue weighted by Gasteiger charge is -2.46. The van der Waals surface area contributed by atoms with E-state index in [9.17, 15) is 95.5 Å². The highest BCUT2D eigenvalue weighted by atomic mass is 16.7. The summed E-state index contributed by atoms with van der Waals surface area (Å²) in [6.45, 7) is 0.148. The number of hydrogen-bond donors (Lipinski definition) is 18. The molecule has 21 atom stereocenters. The zero-order valence-electron chi connectivity index (χ0n) is 38.4. The van der Waals surface area contributed by atoms with E-state index in [1.165, 1.54) is 0 Å². The van der Waals surface area contributed by atoms with Crippen LogP contribution in [-0.4, -0.2) is 263 Å². The van der Waals surface area contributed by atoms with E-state index in [-0.39, 0.29) is 25.2 Å². The lowest BCUT2D eigenvalue weighted by Crippen LogP contribution is -2.66. The van der Waals surface area contributed by atoms with Crippen LogP contribution < -0.4 is 21.3 Å². The number of nitrogens with one attached hydrogen (secondary N) is 4. The molecule has 0 aliphatic carbocycles. The third-order valence-electron chi connectivity index (χ3n) is 12.3. The highest BCUT2D eigenvalue weighted by molar-refractivity contribution is 5.91. The number of carbonyl (C=O) groups is 5. The maximum absolute atomic E-state index is 13.0. The fourth-order valence-electron chi connectivity index (χ4n) is 8.08. The van der Waals surface area contributed by atoms with Crippen LogP contribution >= 0.6 is 0 Å². The fraction of sp³-hybridized carbons (Fsp3) is 0.878. The summed E-state index contributed by atoms with van der Waals surface area (Å²) in [5.74, 6) is -3.64. The third kappa shape index (κ3) is 15.4. The molecule has 4 aliphatic heterocycles. The van der Waals surface area contributed by atoms with Gasteiger partial charge < -0.3 is 121 Å². The number of hydrogen-bond acceptors (Lipinski definition) is 25. The van der Waals surface area contributed by atoms with Crippen molar-refractivity contribution >= 4 is 29.4 Å². The molecule has 4 saturated heterocycles. The van der Waals surface area contributed by atoms with Gasteiger partial charge >= 0.3 is 0 Å². The Morgan fingerprint density at radius 2 is 0.871 bits per heavy atom. The van der Waals surface area contributed by atoms with Crippen LogP contribution in [0.5, 0.6) is 0 Å². The molecule has 0 bridgehead atoms. The van der Waals surface area contributed by atoms with Gasteiger partial charge in [0.2, 0.25) is 23.6 Å². The van der Waals surface area contributed by atoms with Gasteiger partial charge in [0.25, 0.3) is 0 Å². The molecule has 0 saturated carbocycles. The van der Waals surface area contributed by atoms with Gasteiger partial charge in [0.15, 0.2) is 30.8 Å². The van der Waals surface area contributed by atoms with E-state index in [0.29, 0.717) is 12.8 Å². The number of rotatable bonds is 24. The van der Waals surface area contributed by atoms with Gasteiger partial charge in [-0.3, -0.25) is 24.0 Å². The summed E-state index contributed by atoms with van der Waals surface area (Å²) in [6, 6.07) is -0.963. The second kappa shape index (κ2) is 27.7. The lowest BCUT2D eigenvalue weighted by atomic mass is 9.96. The first-order chi connectivity index (χ1) is 33.1. The molecule has 0 spiro atoms. The minimum absolute atomic E-state index is 0.114. The Bertz CT molecular complexity index is 1680. The van der Waals surface area contributed by atoms with Gasteiger partial charge in [-0.2, -0.15) is 0 Å². The van der Waals surface area contributed by atoms with E-state index in [0.717, 1.165) is 0 Å². The minimum Gasteiger partial charge on any atom is -0.394 e. The molecule has 9 unspecified atom stereocenters. The highest BCUT2D eigenvalue weighted by Gasteiger charge is 2.52. The average molecular weight is 1020 g/mol. The molecule has 0 radical (unpaired) electrons. The minimum atomic E-state index is -1.89. The van der Waals surface area contributed by atoms with Crippen LogP contribution in [-0.2, 0) is 52.4 Å². The molecule has 29 nitrogen and oxygen atoms in total. The van der Waals surface area contributed by atoms with Crippen LogP contribution in [0.3, 0.4) is 0 Å². The van der Waals surface area contributed by atoms with E-state index >= 15 is 0 Å². The number of carbonyl (C=O) groups excluding carboxylic acids is 5. The normalized spacial score (nSPS) is 38.4. The van der Waals surface area contributed by atoms with Crippen molar-refractivity contribution in [2.75, 3.05) is 33.0 Å². The largest absolute Gasteiger partial charge is 0.394 e. The monoisotopic (exact) mass is 1020 g/mol. The molecular weight excluding hydrogens is 948 g/mol. The van der Waals surface area contributed by atoms with Crippen LogP contribution in [0.4, 0.5) is 0 Å². The molecule has 18 N–H and O–H groups in total. The van der Waals surface area contributed by atoms with E-state index in [1.54, 1.807) is 13.8 Å². The van der Waals surface area contributed by atoms with Gasteiger partial charge in [-0.05, 0) is 19.3 Å². The number of aliphatic hydroxyl groups excluding tert-OH is 14. The molecule has 4 fully saturated rings. The summed E-state index contributed by atoms with van der Waals surface area (Å²) in [6.07, 6.45) is -34.6. The summed E-state index contributed by atoms with van der Waals surface area (Å²) in [5.41, 5.74) is 0. The van der Waals surface area contributed by atoms with Crippen molar-refractivity contribution in [3.05, 3.63) is 0 Å². The molecule has 4 rings (SSSR count). The summed E-state index contributed by atoms with van der Waals surface area (Å²) in [7, 11) is 0. The van der Waals surface area contributed by atoms with E-state index in [2.05, 4.69) is 21.3 Å². The van der Waals surface area contributed by atoms with Crippen LogP contribution in [0.15, 0.2) is 0 Å². The Balaban J connectivity index is 1.16. The Kier molecular flexibility index (Phi) is 23.5. The number of amides is 4. The number of ketones is 1. The first-order valence-corrected chi connectivity index (χ1v) is 22.9. The second-order valence-electron chi connectivity index (χ2n) is 17.8. The summed E-state index contributed by atoms with van der Waals surface area (Å²) < 4.78 is 32.5. The lowest BCUT2D eigenvalue weighted by molar-refractivity contribution is -0.343. The molecule has 4 heterocycles. The molecule has 404 valence electrons. The van der Waals surface area contributed by atoms with Crippen molar-refractivity contribution < 1.29 is 124 Å². The van der Waals surface area contributed by atoms with E-state index < -0.39 is 204 Å². The Labute approximate surface area is 400 Å². The molecule has 4 aliphatic rings. The van der Waals surface area contributed by atoms with Crippen molar-refractivity contribution in [2.24, 2.45) is 5.92 Å². The number of aliphatic hydroxyl groups is 14. The zero-order chi connectivity index (χ0) is 52.1. The predicted molar refractivity (Wildman–Crippen MR) is 226 cm³/mol. The van der Waals surface area contributed by atoms with Crippen molar-refractivity contribution in [2.45, 2.75) is 188 Å². The molecule has 0 aromatic carbocycles. The van der Waals surface area contributed by atoms with Gasteiger partial charge in [0, 0.05) is 38.1 Å². The van der Waals surface area contributed by atoms with Crippen molar-refractivity contribution in [1.29, 1.82) is 0 Å². The van der Waals surface area contributed by atoms with Crippen molar-refractivity contribution in [1.82, 2.24) is 21.3 Å². The second-order valence-corrected chi connectivity index (χ2v) is 17.8. The molecule has 29 heteroatoms. The number of Topliss-reactive ketones (excluding diaryl/α,β-unsaturated/α-hetero) is 1. The SMILES string of the molecule is CC(C)C(=O)C(CCCCNC(=O)CCC(=O)N[C@@H]1OC(CO)[C@@H](O[C@@H]2OC(CO)[C@H](O)[C@H](O)C2O)[C@H](O)C1O)NC(=O)CCC(=O)N[C@@H]1OC(CO)[C@@H](O[C@@H]2OC(CO)[C@H](O)[C@H](O)C2O)[C@H](O)C1O. The first kappa shape index (κ1) is 59.3. The maximum atomic E-state index is 13.0. The van der Waals surface area contributed by atoms with Gasteiger partial charge in [0.1, 0.15) is 97.7 Å². The summed E-state index contributed by atoms with van der Waals surface area (Å²) in [4.78, 5) is 63.9. The van der Waals surface area contributed by atoms with Gasteiger partial charge in [-0.25, -0.2) is 0 Å². The van der Waals surface area contributed by atoms with E-state index in [4.69, 9.17) is 28.4 Å². The Morgan fingerprint density at radius 1 is 0.471 bits per heavy atom. The van der Waals surface area contributed by atoms with Crippen LogP contribution in [0.25, 0.3) is 0 Å². The molecule has 4 amide bonds. The molecule has 0 aromatic heterocycles. The topological polar surface area (TPSA) is 472 Å². The quantitative estimate of drug-likeness (QED) is 0.0399. The van der Waals surface area contributed by atoms with Gasteiger partial charge in [-0.15, -0.1) is 0 Å². The van der Waals surface area contributed by atoms with Gasteiger partial charge in [0.05, 0.1) is 32.5 Å². The third-order valence-corrected chi connectivity index (χ3v) is 12.3. The fourth-order valence-corrected chi connectivity index (χ4v) is 8.08. The van der Waals surface area contributed by atoms with Crippen LogP contribution in [0, 0.1) is 5.92 Å². The first-order valence-electron chi connectivity index (χ1n) is 22.9. The van der Waals surface area contributed by atoms with Crippen molar-refractivity contribution in [3.63, 3.8) is 0 Å². The molecule has 70 heavy (non-hydrogen) atoms. The number of ether oxygens (including phenoxy) is 6. The van der Waals surface area contributed by atoms with Crippen LogP contribution in [0.1, 0.15) is 58.8 Å². The zero-order valence-corrected chi connectivity index (χ0v) is 38.4. The standard InChI is InChI=1S/C41H70N4O25/c1-15(2)25(54)16(43-22(51)8-9-24(53)45-39-33(62)31(60)37(20(14-49)66-39)70-41-35(64)29(58)27(56)18(12-47)68-41)5-3-4-10-42-21(50)6-7-23(52)44-38-32(61)30(59)36(19(13-48)65-38)69-40-34(63)28(57)26(55)17(11-46)67-40/h15-20,26-41,46-49,55-64H,3-14H2,1-2H3,(H,42,50)(H,43,51)(H,44,52)(H,45,53)/t16?,17?,18?,19?,20?,26-,27-,28-,29-,30+,31+,32?,33?,34?,35?,36+,37+,38+,39+,40-,41-/m0/s1. The average Bonchev–Trinajstić information content (AvgIpc) is 3.33. The predicted octanol–water partition coefficient (Wildman–Crippen LogP) is -9.98. The van der Waals surface area contributed by atoms with Gasteiger partial charge in [-0.1, -0.05) is 13.8 Å². The summed E-state index contributed by atoms with van der Waals surface area (Å²) in [5, 5.41) is 152. The Morgan fingerprint density at radius 3 is 1.27 bits per heavy atom. The van der Waals surface area contributed by atoms with E-state index in [1.807, 2.05) is 0 Å². The van der Waals surface area contributed by atoms with Crippen LogP contribution in [0.2, 0.25) is 0 Å². The number of unbranched alkanes of at least 4 members (excludes halogenated alkanes) is 1. The Hall–Kier alpha value is -3.25.